The molecule has 2 aliphatic carbocycles. The van der Waals surface area contributed by atoms with E-state index in [0.717, 1.165) is 0 Å². The average molecular weight is 337 g/mol. The first-order valence-corrected chi connectivity index (χ1v) is 8.73. The zero-order valence-electron chi connectivity index (χ0n) is 12.8. The summed E-state index contributed by atoms with van der Waals surface area (Å²) in [5.41, 5.74) is 0.682. The molecule has 23 heavy (non-hydrogen) atoms. The first kappa shape index (κ1) is 15.1. The van der Waals surface area contributed by atoms with Gasteiger partial charge in [0.25, 0.3) is 0 Å². The second-order valence-electron chi connectivity index (χ2n) is 6.26. The van der Waals surface area contributed by atoms with Crippen LogP contribution in [0, 0.1) is 11.3 Å². The van der Waals surface area contributed by atoms with Crippen LogP contribution in [-0.2, 0) is 0 Å². The Morgan fingerprint density at radius 3 is 2.83 bits per heavy atom. The smallest absolute Gasteiger partial charge is 0.191 e. The molecule has 2 fully saturated rings. The highest BCUT2D eigenvalue weighted by molar-refractivity contribution is 7.98. The van der Waals surface area contributed by atoms with Crippen molar-refractivity contribution in [1.29, 1.82) is 0 Å². The molecule has 5 atom stereocenters. The van der Waals surface area contributed by atoms with Crippen LogP contribution in [0.4, 0.5) is 5.82 Å². The lowest BCUT2D eigenvalue weighted by molar-refractivity contribution is -0.0300. The lowest BCUT2D eigenvalue weighted by Crippen LogP contribution is -2.35. The number of aromatic nitrogens is 4. The van der Waals surface area contributed by atoms with E-state index in [2.05, 4.69) is 20.3 Å². The fourth-order valence-corrected chi connectivity index (χ4v) is 4.29. The number of rotatable bonds is 4. The van der Waals surface area contributed by atoms with Crippen molar-refractivity contribution in [2.45, 2.75) is 29.8 Å². The molecule has 0 saturated heterocycles. The maximum absolute atomic E-state index is 10.5. The summed E-state index contributed by atoms with van der Waals surface area (Å²) < 4.78 is 1.82. The minimum Gasteiger partial charge on any atom is -0.396 e. The molecule has 2 heterocycles. The predicted octanol–water partition coefficient (Wildman–Crippen LogP) is -0.135. The van der Waals surface area contributed by atoms with Gasteiger partial charge >= 0.3 is 0 Å². The Hall–Kier alpha value is -1.42. The first-order chi connectivity index (χ1) is 11.1. The van der Waals surface area contributed by atoms with E-state index in [9.17, 15) is 15.3 Å². The normalized spacial score (nSPS) is 35.5. The van der Waals surface area contributed by atoms with Crippen molar-refractivity contribution >= 4 is 28.7 Å². The van der Waals surface area contributed by atoms with E-state index < -0.39 is 17.6 Å². The van der Waals surface area contributed by atoms with Gasteiger partial charge in [0.15, 0.2) is 22.1 Å². The van der Waals surface area contributed by atoms with Gasteiger partial charge in [0.05, 0.1) is 25.1 Å². The van der Waals surface area contributed by atoms with Crippen LogP contribution in [0.15, 0.2) is 11.5 Å². The summed E-state index contributed by atoms with van der Waals surface area (Å²) >= 11 is 1.43. The third-order valence-electron chi connectivity index (χ3n) is 5.29. The molecule has 2 saturated carbocycles. The summed E-state index contributed by atoms with van der Waals surface area (Å²) in [5, 5.41) is 34.0. The molecule has 1 unspecified atom stereocenters. The van der Waals surface area contributed by atoms with Crippen molar-refractivity contribution in [3.63, 3.8) is 0 Å². The van der Waals surface area contributed by atoms with Gasteiger partial charge in [0, 0.05) is 12.5 Å². The van der Waals surface area contributed by atoms with Gasteiger partial charge in [-0.15, -0.1) is 0 Å². The number of nitrogens with zero attached hydrogens (tertiary/aromatic N) is 4. The largest absolute Gasteiger partial charge is 0.396 e. The predicted molar refractivity (Wildman–Crippen MR) is 85.3 cm³/mol. The molecule has 0 bridgehead atoms. The summed E-state index contributed by atoms with van der Waals surface area (Å²) in [6.07, 6.45) is 2.37. The molecular weight excluding hydrogens is 318 g/mol. The summed E-state index contributed by atoms with van der Waals surface area (Å²) in [6.45, 7) is -0.119. The van der Waals surface area contributed by atoms with Crippen molar-refractivity contribution in [2.24, 2.45) is 11.3 Å². The lowest BCUT2D eigenvalue weighted by atomic mass is 10.0. The first-order valence-electron chi connectivity index (χ1n) is 7.50. The monoisotopic (exact) mass is 337 g/mol. The summed E-state index contributed by atoms with van der Waals surface area (Å²) in [6, 6.07) is -0.337. The van der Waals surface area contributed by atoms with Crippen LogP contribution in [0.3, 0.4) is 0 Å². The van der Waals surface area contributed by atoms with Gasteiger partial charge in [-0.2, -0.15) is 0 Å². The molecule has 124 valence electrons. The number of nitrogens with one attached hydrogen (secondary N) is 1. The fraction of sp³-hybridized carbons (Fsp3) is 0.643. The number of imidazole rings is 1. The standard InChI is InChI=1S/C14H19N5O3S/c1-15-11-7-12(18-13(17-11)23-2)19(5-16-7)8-6-3-14(6,4-20)10(22)9(8)21/h5-6,8-10,20-22H,3-4H2,1-2H3,(H,15,17,18)/t6-,8-,9?,10-,14+/m1/s1. The Morgan fingerprint density at radius 2 is 2.22 bits per heavy atom. The van der Waals surface area contributed by atoms with Crippen LogP contribution in [0.2, 0.25) is 0 Å². The van der Waals surface area contributed by atoms with Crippen molar-refractivity contribution in [2.75, 3.05) is 25.2 Å². The van der Waals surface area contributed by atoms with E-state index in [4.69, 9.17) is 0 Å². The highest BCUT2D eigenvalue weighted by Gasteiger charge is 2.71. The molecule has 2 aliphatic rings. The van der Waals surface area contributed by atoms with Crippen LogP contribution in [0.25, 0.3) is 11.2 Å². The average Bonchev–Trinajstić information content (AvgIpc) is 3.10. The Balaban J connectivity index is 1.84. The molecule has 0 aliphatic heterocycles. The summed E-state index contributed by atoms with van der Waals surface area (Å²) in [5.74, 6) is 0.663. The van der Waals surface area contributed by atoms with E-state index in [0.29, 0.717) is 28.6 Å². The summed E-state index contributed by atoms with van der Waals surface area (Å²) in [7, 11) is 1.77. The molecule has 0 amide bonds. The topological polar surface area (TPSA) is 116 Å². The SMILES string of the molecule is CNc1nc(SC)nc2c1ncn2[C@H]1C(O)[C@@H](O)[C@]2(CO)C[C@H]12. The van der Waals surface area contributed by atoms with Crippen molar-refractivity contribution in [3.8, 4) is 0 Å². The molecule has 0 radical (unpaired) electrons. The molecule has 0 aromatic carbocycles. The molecule has 4 rings (SSSR count). The van der Waals surface area contributed by atoms with Gasteiger partial charge in [-0.05, 0) is 18.6 Å². The van der Waals surface area contributed by atoms with Gasteiger partial charge in [0.2, 0.25) is 0 Å². The minimum atomic E-state index is -0.941. The van der Waals surface area contributed by atoms with Gasteiger partial charge in [-0.1, -0.05) is 11.8 Å². The Morgan fingerprint density at radius 1 is 1.43 bits per heavy atom. The van der Waals surface area contributed by atoms with Gasteiger partial charge < -0.3 is 25.2 Å². The Bertz CT molecular complexity index is 768. The van der Waals surface area contributed by atoms with Crippen LogP contribution in [0.5, 0.6) is 0 Å². The molecule has 2 aromatic rings. The molecule has 4 N–H and O–H groups in total. The quantitative estimate of drug-likeness (QED) is 0.450. The van der Waals surface area contributed by atoms with Crippen molar-refractivity contribution in [3.05, 3.63) is 6.33 Å². The number of fused-ring (bicyclic) bond motifs is 2. The molecule has 9 heteroatoms. The number of hydrogen-bond donors (Lipinski definition) is 4. The zero-order chi connectivity index (χ0) is 16.4. The maximum atomic E-state index is 10.5. The van der Waals surface area contributed by atoms with E-state index in [1.807, 2.05) is 10.8 Å². The van der Waals surface area contributed by atoms with Crippen LogP contribution in [-0.4, -0.2) is 67.0 Å². The molecule has 8 nitrogen and oxygen atoms in total. The van der Waals surface area contributed by atoms with E-state index in [1.165, 1.54) is 11.8 Å². The Labute approximate surface area is 137 Å². The highest BCUT2D eigenvalue weighted by atomic mass is 32.2. The van der Waals surface area contributed by atoms with E-state index in [-0.39, 0.29) is 18.6 Å². The number of anilines is 1. The second kappa shape index (κ2) is 5.04. The highest BCUT2D eigenvalue weighted by Crippen LogP contribution is 2.67. The van der Waals surface area contributed by atoms with E-state index in [1.54, 1.807) is 13.4 Å². The number of thioether (sulfide) groups is 1. The van der Waals surface area contributed by atoms with Crippen LogP contribution < -0.4 is 5.32 Å². The third-order valence-corrected chi connectivity index (χ3v) is 5.84. The van der Waals surface area contributed by atoms with E-state index >= 15 is 0 Å². The van der Waals surface area contributed by atoms with Crippen LogP contribution >= 0.6 is 11.8 Å². The van der Waals surface area contributed by atoms with Crippen molar-refractivity contribution in [1.82, 2.24) is 19.5 Å². The lowest BCUT2D eigenvalue weighted by Gasteiger charge is -2.23. The van der Waals surface area contributed by atoms with Gasteiger partial charge in [-0.25, -0.2) is 15.0 Å². The number of aliphatic hydroxyl groups is 3. The molecular formula is C14H19N5O3S. The van der Waals surface area contributed by atoms with Crippen LogP contribution in [0.1, 0.15) is 12.5 Å². The maximum Gasteiger partial charge on any atom is 0.191 e. The Kier molecular flexibility index (Phi) is 3.31. The number of hydrogen-bond acceptors (Lipinski definition) is 8. The third kappa shape index (κ3) is 1.87. The van der Waals surface area contributed by atoms with Gasteiger partial charge in [0.1, 0.15) is 6.10 Å². The zero-order valence-corrected chi connectivity index (χ0v) is 13.7. The van der Waals surface area contributed by atoms with Gasteiger partial charge in [-0.3, -0.25) is 0 Å². The summed E-state index contributed by atoms with van der Waals surface area (Å²) in [4.78, 5) is 13.3. The fourth-order valence-electron chi connectivity index (χ4n) is 3.93. The van der Waals surface area contributed by atoms with Crippen molar-refractivity contribution < 1.29 is 15.3 Å². The number of aliphatic hydroxyl groups excluding tert-OH is 3. The minimum absolute atomic E-state index is 0.0284. The molecule has 0 spiro atoms. The molecule has 2 aromatic heterocycles. The second-order valence-corrected chi connectivity index (χ2v) is 7.03.